The summed E-state index contributed by atoms with van der Waals surface area (Å²) in [6.07, 6.45) is 0. The summed E-state index contributed by atoms with van der Waals surface area (Å²) in [4.78, 5) is 28.3. The van der Waals surface area contributed by atoms with Gasteiger partial charge in [-0.25, -0.2) is 0 Å². The minimum absolute atomic E-state index is 0.126. The van der Waals surface area contributed by atoms with Crippen molar-refractivity contribution in [3.8, 4) is 23.0 Å². The van der Waals surface area contributed by atoms with Crippen molar-refractivity contribution in [3.63, 3.8) is 0 Å². The molecule has 3 aromatic carbocycles. The van der Waals surface area contributed by atoms with Gasteiger partial charge in [0, 0.05) is 30.8 Å². The Bertz CT molecular complexity index is 1500. The van der Waals surface area contributed by atoms with Gasteiger partial charge in [0.05, 0.1) is 33.4 Å². The zero-order chi connectivity index (χ0) is 28.6. The first-order valence-corrected chi connectivity index (χ1v) is 12.0. The largest absolute Gasteiger partial charge is 0.493 e. The molecule has 0 unspecified atom stereocenters. The van der Waals surface area contributed by atoms with E-state index >= 15 is 0 Å². The van der Waals surface area contributed by atoms with Gasteiger partial charge in [0.1, 0.15) is 0 Å². The lowest BCUT2D eigenvalue weighted by Crippen LogP contribution is -2.17. The third kappa shape index (κ3) is 6.20. The van der Waals surface area contributed by atoms with Crippen molar-refractivity contribution in [1.82, 2.24) is 14.8 Å². The summed E-state index contributed by atoms with van der Waals surface area (Å²) in [7, 11) is 6.22. The van der Waals surface area contributed by atoms with Crippen molar-refractivity contribution in [2.45, 2.75) is 13.1 Å². The Hall–Kier alpha value is -5.33. The van der Waals surface area contributed by atoms with E-state index in [-0.39, 0.29) is 23.1 Å². The van der Waals surface area contributed by atoms with Crippen LogP contribution in [0.15, 0.2) is 60.7 Å². The maximum atomic E-state index is 13.3. The Morgan fingerprint density at radius 3 is 1.82 bits per heavy atom. The van der Waals surface area contributed by atoms with Crippen LogP contribution in [-0.2, 0) is 13.1 Å². The molecule has 4 rings (SSSR count). The fourth-order valence-electron chi connectivity index (χ4n) is 3.83. The Morgan fingerprint density at radius 2 is 1.32 bits per heavy atom. The van der Waals surface area contributed by atoms with Crippen LogP contribution < -0.4 is 29.6 Å². The third-order valence-electron chi connectivity index (χ3n) is 5.92. The minimum atomic E-state index is -0.532. The molecule has 1 aromatic heterocycles. The van der Waals surface area contributed by atoms with E-state index in [9.17, 15) is 14.9 Å². The lowest BCUT2D eigenvalue weighted by atomic mass is 10.2. The van der Waals surface area contributed by atoms with Gasteiger partial charge in [-0.2, -0.15) is 9.67 Å². The summed E-state index contributed by atoms with van der Waals surface area (Å²) >= 11 is 0. The number of hydrogen-bond acceptors (Lipinski definition) is 11. The molecule has 13 heteroatoms. The van der Waals surface area contributed by atoms with Gasteiger partial charge in [-0.3, -0.25) is 14.9 Å². The number of nitrogens with zero attached hydrogens (tertiary/aromatic N) is 4. The quantitative estimate of drug-likeness (QED) is 0.194. The molecule has 1 heterocycles. The zero-order valence-electron chi connectivity index (χ0n) is 22.3. The van der Waals surface area contributed by atoms with Gasteiger partial charge in [0.15, 0.2) is 23.0 Å². The number of aromatic nitrogens is 3. The van der Waals surface area contributed by atoms with Crippen molar-refractivity contribution >= 4 is 23.5 Å². The van der Waals surface area contributed by atoms with Gasteiger partial charge >= 0.3 is 0 Å². The molecule has 0 bridgehead atoms. The summed E-state index contributed by atoms with van der Waals surface area (Å²) in [5.41, 5.74) is 1.79. The number of non-ortho nitro benzene ring substituents is 1. The van der Waals surface area contributed by atoms with Crippen LogP contribution >= 0.6 is 0 Å². The first-order valence-electron chi connectivity index (χ1n) is 12.0. The molecule has 0 saturated heterocycles. The average Bonchev–Trinajstić information content (AvgIpc) is 3.41. The third-order valence-corrected chi connectivity index (χ3v) is 5.92. The highest BCUT2D eigenvalue weighted by Gasteiger charge is 2.19. The van der Waals surface area contributed by atoms with E-state index in [0.717, 1.165) is 15.8 Å². The van der Waals surface area contributed by atoms with Gasteiger partial charge in [0.25, 0.3) is 11.6 Å². The predicted octanol–water partition coefficient (Wildman–Crippen LogP) is 4.13. The summed E-state index contributed by atoms with van der Waals surface area (Å²) in [5, 5.41) is 21.6. The molecule has 0 aliphatic rings. The zero-order valence-corrected chi connectivity index (χ0v) is 22.3. The lowest BCUT2D eigenvalue weighted by Gasteiger charge is -2.11. The summed E-state index contributed by atoms with van der Waals surface area (Å²) in [5.74, 6) is 2.17. The second kappa shape index (κ2) is 12.5. The van der Waals surface area contributed by atoms with Crippen LogP contribution in [0.1, 0.15) is 21.5 Å². The number of methoxy groups -OCH3 is 4. The monoisotopic (exact) mass is 548 g/mol. The van der Waals surface area contributed by atoms with E-state index in [4.69, 9.17) is 18.9 Å². The normalized spacial score (nSPS) is 10.5. The number of rotatable bonds is 12. The van der Waals surface area contributed by atoms with Crippen LogP contribution in [0.2, 0.25) is 0 Å². The summed E-state index contributed by atoms with van der Waals surface area (Å²) < 4.78 is 22.4. The molecule has 13 nitrogen and oxygen atoms in total. The number of ether oxygens (including phenoxy) is 4. The number of carbonyl (C=O) groups is 1. The van der Waals surface area contributed by atoms with Gasteiger partial charge in [-0.05, 0) is 47.5 Å². The van der Waals surface area contributed by atoms with Gasteiger partial charge < -0.3 is 29.6 Å². The highest BCUT2D eigenvalue weighted by Crippen LogP contribution is 2.29. The number of nitro benzene ring substituents is 1. The van der Waals surface area contributed by atoms with E-state index in [0.29, 0.717) is 36.1 Å². The average molecular weight is 549 g/mol. The number of nitro groups is 1. The van der Waals surface area contributed by atoms with Crippen LogP contribution in [0.5, 0.6) is 23.0 Å². The van der Waals surface area contributed by atoms with Crippen LogP contribution in [0.3, 0.4) is 0 Å². The second-order valence-electron chi connectivity index (χ2n) is 8.37. The fraction of sp³-hybridized carbons (Fsp3) is 0.222. The molecule has 0 amide bonds. The van der Waals surface area contributed by atoms with E-state index in [1.54, 1.807) is 46.6 Å². The van der Waals surface area contributed by atoms with Crippen molar-refractivity contribution in [1.29, 1.82) is 0 Å². The highest BCUT2D eigenvalue weighted by molar-refractivity contribution is 5.97. The Kier molecular flexibility index (Phi) is 8.64. The van der Waals surface area contributed by atoms with Crippen LogP contribution in [-0.4, -0.2) is 54.0 Å². The maximum absolute atomic E-state index is 13.3. The lowest BCUT2D eigenvalue weighted by molar-refractivity contribution is -0.384. The number of benzene rings is 3. The van der Waals surface area contributed by atoms with E-state index in [1.165, 1.54) is 24.3 Å². The standard InChI is InChI=1S/C27H28N6O7/c1-37-21-11-5-17(13-23(21)39-3)15-28-26-30-27(29-16-18-6-12-22(38-2)24(14-18)40-4)32(31-26)25(34)19-7-9-20(10-8-19)33(35)36/h5-14H,15-16H2,1-4H3,(H2,28,29,30,31). The number of carbonyl (C=O) groups excluding carboxylic acids is 1. The van der Waals surface area contributed by atoms with E-state index < -0.39 is 10.8 Å². The molecule has 0 saturated carbocycles. The van der Waals surface area contributed by atoms with Crippen LogP contribution in [0, 0.1) is 10.1 Å². The first kappa shape index (κ1) is 27.7. The topological polar surface area (TPSA) is 152 Å². The van der Waals surface area contributed by atoms with Crippen molar-refractivity contribution < 1.29 is 28.7 Å². The molecule has 0 aliphatic heterocycles. The highest BCUT2D eigenvalue weighted by atomic mass is 16.6. The number of nitrogens with one attached hydrogen (secondary N) is 2. The Morgan fingerprint density at radius 1 is 0.800 bits per heavy atom. The summed E-state index contributed by atoms with van der Waals surface area (Å²) in [6, 6.07) is 16.2. The number of hydrogen-bond donors (Lipinski definition) is 2. The molecule has 2 N–H and O–H groups in total. The van der Waals surface area contributed by atoms with E-state index in [2.05, 4.69) is 20.7 Å². The van der Waals surface area contributed by atoms with Crippen molar-refractivity contribution in [2.75, 3.05) is 39.1 Å². The Labute approximate surface area is 229 Å². The van der Waals surface area contributed by atoms with E-state index in [1.807, 2.05) is 18.2 Å². The van der Waals surface area contributed by atoms with Crippen molar-refractivity contribution in [2.24, 2.45) is 0 Å². The molecule has 208 valence electrons. The molecule has 0 aliphatic carbocycles. The predicted molar refractivity (Wildman–Crippen MR) is 147 cm³/mol. The van der Waals surface area contributed by atoms with Gasteiger partial charge in [-0.1, -0.05) is 12.1 Å². The molecule has 0 spiro atoms. The summed E-state index contributed by atoms with van der Waals surface area (Å²) in [6.45, 7) is 0.632. The molecule has 4 aromatic rings. The minimum Gasteiger partial charge on any atom is -0.493 e. The van der Waals surface area contributed by atoms with Gasteiger partial charge in [0.2, 0.25) is 11.9 Å². The second-order valence-corrected chi connectivity index (χ2v) is 8.37. The van der Waals surface area contributed by atoms with Crippen LogP contribution in [0.25, 0.3) is 0 Å². The molecule has 0 fully saturated rings. The van der Waals surface area contributed by atoms with Crippen LogP contribution in [0.4, 0.5) is 17.6 Å². The smallest absolute Gasteiger partial charge is 0.281 e. The molecule has 0 atom stereocenters. The molecular weight excluding hydrogens is 520 g/mol. The molecule has 0 radical (unpaired) electrons. The molecule has 40 heavy (non-hydrogen) atoms. The number of anilines is 2. The fourth-order valence-corrected chi connectivity index (χ4v) is 3.83. The first-order chi connectivity index (χ1) is 19.4. The van der Waals surface area contributed by atoms with Crippen molar-refractivity contribution in [3.05, 3.63) is 87.5 Å². The molecular formula is C27H28N6O7. The van der Waals surface area contributed by atoms with Gasteiger partial charge in [-0.15, -0.1) is 5.10 Å². The maximum Gasteiger partial charge on any atom is 0.281 e. The SMILES string of the molecule is COc1ccc(CNc2nc(NCc3ccc(OC)c(OC)c3)n(C(=O)c3ccc([N+](=O)[O-])cc3)n2)cc1OC. The Balaban J connectivity index is 1.59.